The first-order valence-electron chi connectivity index (χ1n) is 2.42. The quantitative estimate of drug-likeness (QED) is 0.201. The zero-order valence-electron chi connectivity index (χ0n) is 5.30. The molecule has 1 rings (SSSR count). The van der Waals surface area contributed by atoms with Gasteiger partial charge in [-0.2, -0.15) is 0 Å². The van der Waals surface area contributed by atoms with Crippen LogP contribution in [0.4, 0.5) is 0 Å². The lowest BCUT2D eigenvalue weighted by molar-refractivity contribution is -0.0581. The van der Waals surface area contributed by atoms with Gasteiger partial charge in [0.25, 0.3) is 0 Å². The van der Waals surface area contributed by atoms with Gasteiger partial charge in [0.05, 0.1) is 0 Å². The second-order valence-corrected chi connectivity index (χ2v) is 2.42. The Morgan fingerprint density at radius 1 is 1.64 bits per heavy atom. The van der Waals surface area contributed by atoms with E-state index in [1.807, 2.05) is 0 Å². The average molecular weight is 178 g/mol. The van der Waals surface area contributed by atoms with Gasteiger partial charge >= 0.3 is 15.1 Å². The van der Waals surface area contributed by atoms with Crippen LogP contribution in [0.15, 0.2) is 5.16 Å². The number of hydrogen-bond acceptors (Lipinski definition) is 9. The van der Waals surface area contributed by atoms with Crippen molar-refractivity contribution in [2.45, 2.75) is 0 Å². The van der Waals surface area contributed by atoms with Gasteiger partial charge in [-0.25, -0.2) is 22.6 Å². The fourth-order valence-corrected chi connectivity index (χ4v) is 0.849. The van der Waals surface area contributed by atoms with Crippen LogP contribution < -0.4 is 17.5 Å². The first-order valence-corrected chi connectivity index (χ1v) is 3.65. The van der Waals surface area contributed by atoms with E-state index in [4.69, 9.17) is 17.5 Å². The number of hydroxylamine groups is 1. The minimum absolute atomic E-state index is 0.186. The minimum atomic E-state index is -2.68. The number of nitrogens with zero attached hydrogens (tertiary/aromatic N) is 3. The molecule has 0 bridgehead atoms. The maximum Gasteiger partial charge on any atom is 0.823 e. The van der Waals surface area contributed by atoms with E-state index >= 15 is 0 Å². The summed E-state index contributed by atoms with van der Waals surface area (Å²) in [5, 5.41) is 4.32. The van der Waals surface area contributed by atoms with Crippen LogP contribution in [-0.4, -0.2) is 25.4 Å². The zero-order valence-corrected chi connectivity index (χ0v) is 6.30. The summed E-state index contributed by atoms with van der Waals surface area (Å²) in [7, 11) is -2.68. The lowest BCUT2D eigenvalue weighted by Gasteiger charge is -2.24. The van der Waals surface area contributed by atoms with Crippen LogP contribution in [0.2, 0.25) is 0 Å². The van der Waals surface area contributed by atoms with E-state index in [0.29, 0.717) is 10.3 Å². The highest BCUT2D eigenvalue weighted by Gasteiger charge is 2.27. The first kappa shape index (κ1) is 7.87. The molecular weight excluding hydrogens is 172 g/mol. The Morgan fingerprint density at radius 3 is 2.73 bits per heavy atom. The van der Waals surface area contributed by atoms with Crippen molar-refractivity contribution in [2.75, 3.05) is 0 Å². The molecule has 0 amide bonds. The molecule has 0 spiro atoms. The van der Waals surface area contributed by atoms with Crippen LogP contribution >= 0.6 is 0 Å². The highest BCUT2D eigenvalue weighted by atomic mass is 28.3. The van der Waals surface area contributed by atoms with Crippen LogP contribution in [0.25, 0.3) is 0 Å². The van der Waals surface area contributed by atoms with Gasteiger partial charge < -0.3 is 9.05 Å². The minimum Gasteiger partial charge on any atom is -0.352 e. The predicted molar refractivity (Wildman–Crippen MR) is 32.3 cm³/mol. The number of rotatable bonds is 0. The molecule has 6 N–H and O–H groups in total. The molecule has 10 heteroatoms. The third-order valence-electron chi connectivity index (χ3n) is 0.803. The summed E-state index contributed by atoms with van der Waals surface area (Å²) in [5.41, 5.74) is 0. The Morgan fingerprint density at radius 2 is 2.27 bits per heavy atom. The van der Waals surface area contributed by atoms with Crippen LogP contribution in [0.3, 0.4) is 0 Å². The fraction of sp³-hybridized carbons (Fsp3) is 0. The zero-order chi connectivity index (χ0) is 8.43. The monoisotopic (exact) mass is 178 g/mol. The normalized spacial score (nSPS) is 16.8. The Kier molecular flexibility index (Phi) is 2.00. The Hall–Kier alpha value is -1.23. The highest BCUT2D eigenvalue weighted by molar-refractivity contribution is 6.26. The number of oxime groups is 1. The largest absolute Gasteiger partial charge is 0.823 e. The van der Waals surface area contributed by atoms with Gasteiger partial charge in [0.15, 0.2) is 0 Å². The average Bonchev–Trinajstić information content (AvgIpc) is 1.85. The molecular formula is CH6N6O3Si. The van der Waals surface area contributed by atoms with Gasteiger partial charge in [0, 0.05) is 0 Å². The highest BCUT2D eigenvalue weighted by Crippen LogP contribution is 1.96. The first-order chi connectivity index (χ1) is 5.11. The molecule has 0 saturated carbocycles. The Balaban J connectivity index is 2.72. The molecule has 0 aromatic rings. The second kappa shape index (κ2) is 2.79. The second-order valence-electron chi connectivity index (χ2n) is 1.56. The summed E-state index contributed by atoms with van der Waals surface area (Å²) < 4.78 is 19.0. The standard InChI is InChI=1S/CH6N6O3Si/c2-6(3)1-5-9-11(8)10-7(1)4/h2-4H2. The maximum atomic E-state index is 10.5. The number of hydrazine groups is 3. The van der Waals surface area contributed by atoms with Crippen molar-refractivity contribution in [3.8, 4) is 0 Å². The van der Waals surface area contributed by atoms with Crippen molar-refractivity contribution < 1.29 is 13.5 Å². The maximum absolute atomic E-state index is 10.5. The SMILES string of the molecule is NN(N)C1=NO[Si](=O)ON1N. The van der Waals surface area contributed by atoms with Gasteiger partial charge in [-0.3, -0.25) is 4.46 Å². The van der Waals surface area contributed by atoms with Gasteiger partial charge in [0.2, 0.25) is 0 Å². The molecule has 0 aromatic heterocycles. The van der Waals surface area contributed by atoms with Crippen molar-refractivity contribution in [1.82, 2.24) is 10.3 Å². The van der Waals surface area contributed by atoms with Gasteiger partial charge in [-0.15, -0.1) is 5.17 Å². The lowest BCUT2D eigenvalue weighted by atomic mass is 11.0. The third-order valence-corrected chi connectivity index (χ3v) is 1.39. The Labute approximate surface area is 62.7 Å². The van der Waals surface area contributed by atoms with E-state index < -0.39 is 9.17 Å². The molecule has 0 atom stereocenters. The molecule has 0 radical (unpaired) electrons. The van der Waals surface area contributed by atoms with Gasteiger partial charge in [-0.05, 0) is 5.16 Å². The summed E-state index contributed by atoms with van der Waals surface area (Å²) >= 11 is 0. The molecule has 62 valence electrons. The molecule has 1 heterocycles. The summed E-state index contributed by atoms with van der Waals surface area (Å²) in [6.07, 6.45) is 0. The van der Waals surface area contributed by atoms with Gasteiger partial charge in [-0.1, -0.05) is 0 Å². The van der Waals surface area contributed by atoms with Crippen LogP contribution in [0.1, 0.15) is 0 Å². The van der Waals surface area contributed by atoms with Crippen molar-refractivity contribution in [2.24, 2.45) is 22.7 Å². The van der Waals surface area contributed by atoms with E-state index in [0.717, 1.165) is 0 Å². The summed E-state index contributed by atoms with van der Waals surface area (Å²) in [6.45, 7) is 0. The molecule has 0 aromatic carbocycles. The van der Waals surface area contributed by atoms with E-state index in [2.05, 4.69) is 14.2 Å². The molecule has 0 fully saturated rings. The molecule has 0 saturated heterocycles. The summed E-state index contributed by atoms with van der Waals surface area (Å²) in [4.78, 5) is 0. The van der Waals surface area contributed by atoms with E-state index in [1.165, 1.54) is 0 Å². The molecule has 9 nitrogen and oxygen atoms in total. The topological polar surface area (TPSA) is 132 Å². The number of hydrogen-bond donors (Lipinski definition) is 3. The fourth-order valence-electron chi connectivity index (χ4n) is 0.417. The predicted octanol–water partition coefficient (Wildman–Crippen LogP) is -3.14. The number of nitrogens with two attached hydrogens (primary N) is 3. The summed E-state index contributed by atoms with van der Waals surface area (Å²) in [6, 6.07) is 0. The van der Waals surface area contributed by atoms with Crippen LogP contribution in [0.5, 0.6) is 0 Å². The summed E-state index contributed by atoms with van der Waals surface area (Å²) in [5.74, 6) is 14.9. The molecule has 0 aliphatic carbocycles. The molecule has 1 aliphatic rings. The molecule has 0 unspecified atom stereocenters. The molecule has 11 heavy (non-hydrogen) atoms. The van der Waals surface area contributed by atoms with E-state index in [9.17, 15) is 4.46 Å². The number of guanidine groups is 1. The van der Waals surface area contributed by atoms with Crippen molar-refractivity contribution >= 4 is 15.1 Å². The third kappa shape index (κ3) is 1.61. The van der Waals surface area contributed by atoms with Crippen LogP contribution in [-0.2, 0) is 13.5 Å². The van der Waals surface area contributed by atoms with Gasteiger partial charge in [0.1, 0.15) is 0 Å². The Bertz CT molecular complexity index is 202. The lowest BCUT2D eigenvalue weighted by Crippen LogP contribution is -2.57. The van der Waals surface area contributed by atoms with E-state index in [-0.39, 0.29) is 5.96 Å². The van der Waals surface area contributed by atoms with Crippen LogP contribution in [0, 0.1) is 0 Å². The van der Waals surface area contributed by atoms with E-state index in [1.54, 1.807) is 0 Å². The molecule has 1 aliphatic heterocycles. The van der Waals surface area contributed by atoms with Crippen molar-refractivity contribution in [3.63, 3.8) is 0 Å². The van der Waals surface area contributed by atoms with Crippen molar-refractivity contribution in [3.05, 3.63) is 0 Å². The smallest absolute Gasteiger partial charge is 0.352 e. The van der Waals surface area contributed by atoms with Crippen molar-refractivity contribution in [1.29, 1.82) is 0 Å².